The minimum Gasteiger partial charge on any atom is -0.444 e. The fourth-order valence-corrected chi connectivity index (χ4v) is 4.47. The Morgan fingerprint density at radius 1 is 1.36 bits per heavy atom. The highest BCUT2D eigenvalue weighted by Crippen LogP contribution is 2.28. The molecule has 0 aliphatic rings. The van der Waals surface area contributed by atoms with Crippen LogP contribution in [0.25, 0.3) is 10.4 Å². The Balaban J connectivity index is 2.10. The molecule has 0 saturated carbocycles. The van der Waals surface area contributed by atoms with E-state index in [9.17, 15) is 17.6 Å². The van der Waals surface area contributed by atoms with Gasteiger partial charge in [-0.1, -0.05) is 12.1 Å². The summed E-state index contributed by atoms with van der Waals surface area (Å²) < 4.78 is 43.7. The van der Waals surface area contributed by atoms with Crippen LogP contribution in [0, 0.1) is 6.92 Å². The van der Waals surface area contributed by atoms with Crippen LogP contribution in [0.2, 0.25) is 0 Å². The molecule has 28 heavy (non-hydrogen) atoms. The molecule has 2 rings (SSSR count). The molecular formula is C19H23FN2O4S2. The SMILES string of the molecule is Cc1ncc(-c2cccc(S(=O)(=O)C/C(=C/F)CNC(=O)OC(C)(C)C)c2)s1. The highest BCUT2D eigenvalue weighted by molar-refractivity contribution is 7.91. The van der Waals surface area contributed by atoms with Crippen LogP contribution in [0.1, 0.15) is 25.8 Å². The molecular weight excluding hydrogens is 403 g/mol. The van der Waals surface area contributed by atoms with Crippen molar-refractivity contribution in [3.63, 3.8) is 0 Å². The van der Waals surface area contributed by atoms with Crippen molar-refractivity contribution >= 4 is 27.3 Å². The number of carbonyl (C=O) groups excluding carboxylic acids is 1. The second-order valence-electron chi connectivity index (χ2n) is 7.15. The first-order valence-corrected chi connectivity index (χ1v) is 11.0. The zero-order valence-corrected chi connectivity index (χ0v) is 17.8. The number of aryl methyl sites for hydroxylation is 1. The Hall–Kier alpha value is -2.26. The van der Waals surface area contributed by atoms with Gasteiger partial charge >= 0.3 is 6.09 Å². The minimum absolute atomic E-state index is 0.0765. The summed E-state index contributed by atoms with van der Waals surface area (Å²) >= 11 is 1.46. The number of alkyl carbamates (subject to hydrolysis) is 1. The van der Waals surface area contributed by atoms with Crippen molar-refractivity contribution in [3.05, 3.63) is 47.4 Å². The largest absolute Gasteiger partial charge is 0.444 e. The van der Waals surface area contributed by atoms with Gasteiger partial charge in [0.1, 0.15) is 5.60 Å². The van der Waals surface area contributed by atoms with E-state index in [0.29, 0.717) is 0 Å². The summed E-state index contributed by atoms with van der Waals surface area (Å²) in [6.45, 7) is 6.69. The average molecular weight is 427 g/mol. The fraction of sp³-hybridized carbons (Fsp3) is 0.368. The molecule has 1 aromatic carbocycles. The number of ether oxygens (including phenoxy) is 1. The molecule has 0 bridgehead atoms. The summed E-state index contributed by atoms with van der Waals surface area (Å²) in [4.78, 5) is 16.8. The lowest BCUT2D eigenvalue weighted by molar-refractivity contribution is 0.0532. The van der Waals surface area contributed by atoms with Crippen molar-refractivity contribution in [2.45, 2.75) is 38.2 Å². The van der Waals surface area contributed by atoms with E-state index < -0.39 is 27.3 Å². The van der Waals surface area contributed by atoms with E-state index in [1.165, 1.54) is 17.4 Å². The Morgan fingerprint density at radius 2 is 2.07 bits per heavy atom. The molecule has 1 heterocycles. The first-order valence-electron chi connectivity index (χ1n) is 8.51. The van der Waals surface area contributed by atoms with Gasteiger partial charge in [-0.25, -0.2) is 22.6 Å². The molecule has 2 aromatic rings. The number of rotatable bonds is 6. The topological polar surface area (TPSA) is 85.4 Å². The van der Waals surface area contributed by atoms with E-state index in [1.54, 1.807) is 45.2 Å². The number of nitrogens with one attached hydrogen (secondary N) is 1. The predicted octanol–water partition coefficient (Wildman–Crippen LogP) is 4.27. The first-order chi connectivity index (χ1) is 13.0. The van der Waals surface area contributed by atoms with Gasteiger partial charge in [0.2, 0.25) is 0 Å². The molecule has 9 heteroatoms. The zero-order chi connectivity index (χ0) is 20.9. The molecule has 0 radical (unpaired) electrons. The molecule has 0 spiro atoms. The number of nitrogens with zero attached hydrogens (tertiary/aromatic N) is 1. The number of aromatic nitrogens is 1. The smallest absolute Gasteiger partial charge is 0.407 e. The van der Waals surface area contributed by atoms with Gasteiger partial charge in [0, 0.05) is 12.7 Å². The summed E-state index contributed by atoms with van der Waals surface area (Å²) in [7, 11) is -3.79. The van der Waals surface area contributed by atoms with Crippen LogP contribution in [0.5, 0.6) is 0 Å². The van der Waals surface area contributed by atoms with Crippen molar-refractivity contribution in [1.82, 2.24) is 10.3 Å². The van der Waals surface area contributed by atoms with Crippen LogP contribution < -0.4 is 5.32 Å². The van der Waals surface area contributed by atoms with Gasteiger partial charge in [-0.15, -0.1) is 11.3 Å². The molecule has 0 unspecified atom stereocenters. The van der Waals surface area contributed by atoms with Crippen molar-refractivity contribution < 1.29 is 22.3 Å². The Labute approximate surface area is 168 Å². The molecule has 0 saturated heterocycles. The predicted molar refractivity (Wildman–Crippen MR) is 108 cm³/mol. The second kappa shape index (κ2) is 8.83. The van der Waals surface area contributed by atoms with Crippen LogP contribution in [-0.2, 0) is 14.6 Å². The molecule has 6 nitrogen and oxygen atoms in total. The van der Waals surface area contributed by atoms with Crippen molar-refractivity contribution in [1.29, 1.82) is 0 Å². The van der Waals surface area contributed by atoms with Gasteiger partial charge in [0.25, 0.3) is 0 Å². The van der Waals surface area contributed by atoms with Gasteiger partial charge in [-0.2, -0.15) is 0 Å². The van der Waals surface area contributed by atoms with E-state index in [1.807, 2.05) is 6.92 Å². The second-order valence-corrected chi connectivity index (χ2v) is 10.4. The lowest BCUT2D eigenvalue weighted by Crippen LogP contribution is -2.34. The number of benzene rings is 1. The number of hydrogen-bond donors (Lipinski definition) is 1. The summed E-state index contributed by atoms with van der Waals surface area (Å²) in [5.41, 5.74) is -0.0557. The number of hydrogen-bond acceptors (Lipinski definition) is 6. The third-order valence-electron chi connectivity index (χ3n) is 3.49. The van der Waals surface area contributed by atoms with Crippen molar-refractivity contribution in [3.8, 4) is 10.4 Å². The van der Waals surface area contributed by atoms with Crippen molar-refractivity contribution in [2.75, 3.05) is 12.3 Å². The maximum Gasteiger partial charge on any atom is 0.407 e. The lowest BCUT2D eigenvalue weighted by atomic mass is 10.2. The number of halogens is 1. The van der Waals surface area contributed by atoms with Crippen LogP contribution >= 0.6 is 11.3 Å². The van der Waals surface area contributed by atoms with E-state index in [4.69, 9.17) is 4.74 Å². The van der Waals surface area contributed by atoms with Crippen molar-refractivity contribution in [2.24, 2.45) is 0 Å². The molecule has 0 atom stereocenters. The molecule has 1 aromatic heterocycles. The molecule has 152 valence electrons. The number of thiazole rings is 1. The van der Waals surface area contributed by atoms with Crippen LogP contribution in [0.4, 0.5) is 9.18 Å². The van der Waals surface area contributed by atoms with Gasteiger partial charge in [0.15, 0.2) is 9.84 Å². The van der Waals surface area contributed by atoms with E-state index >= 15 is 0 Å². The molecule has 0 aliphatic heterocycles. The maximum absolute atomic E-state index is 13.2. The monoisotopic (exact) mass is 426 g/mol. The van der Waals surface area contributed by atoms with Crippen LogP contribution in [0.15, 0.2) is 47.3 Å². The van der Waals surface area contributed by atoms with Gasteiger partial charge in [-0.3, -0.25) is 0 Å². The Kier molecular flexibility index (Phi) is 6.95. The maximum atomic E-state index is 13.2. The summed E-state index contributed by atoms with van der Waals surface area (Å²) in [6.07, 6.45) is 1.14. The lowest BCUT2D eigenvalue weighted by Gasteiger charge is -2.20. The highest BCUT2D eigenvalue weighted by Gasteiger charge is 2.20. The molecule has 1 N–H and O–H groups in total. The molecule has 0 aliphatic carbocycles. The quantitative estimate of drug-likeness (QED) is 0.746. The third kappa shape index (κ3) is 6.42. The summed E-state index contributed by atoms with van der Waals surface area (Å²) in [5.74, 6) is -0.551. The third-order valence-corrected chi connectivity index (χ3v) is 6.17. The van der Waals surface area contributed by atoms with Gasteiger partial charge in [-0.05, 0) is 51.0 Å². The minimum atomic E-state index is -3.79. The van der Waals surface area contributed by atoms with E-state index in [0.717, 1.165) is 15.4 Å². The summed E-state index contributed by atoms with van der Waals surface area (Å²) in [5, 5.41) is 3.24. The van der Waals surface area contributed by atoms with E-state index in [-0.39, 0.29) is 23.3 Å². The van der Waals surface area contributed by atoms with Crippen LogP contribution in [-0.4, -0.2) is 37.4 Å². The van der Waals surface area contributed by atoms with Crippen LogP contribution in [0.3, 0.4) is 0 Å². The molecule has 1 amide bonds. The van der Waals surface area contributed by atoms with Gasteiger partial charge in [0.05, 0.1) is 26.9 Å². The first kappa shape index (κ1) is 22.0. The zero-order valence-electron chi connectivity index (χ0n) is 16.2. The number of carbonyl (C=O) groups is 1. The highest BCUT2D eigenvalue weighted by atomic mass is 32.2. The Bertz CT molecular complexity index is 976. The Morgan fingerprint density at radius 3 is 2.64 bits per heavy atom. The fourth-order valence-electron chi connectivity index (χ4n) is 2.29. The molecule has 0 fully saturated rings. The standard InChI is InChI=1S/C19H23FN2O4S2/c1-13-21-11-17(27-13)15-6-5-7-16(8-15)28(24,25)12-14(9-20)10-22-18(23)26-19(2,3)4/h5-9,11H,10,12H2,1-4H3,(H,22,23)/b14-9+. The van der Waals surface area contributed by atoms with Gasteiger partial charge < -0.3 is 10.1 Å². The summed E-state index contributed by atoms with van der Waals surface area (Å²) in [6, 6.07) is 6.43. The van der Waals surface area contributed by atoms with E-state index in [2.05, 4.69) is 10.3 Å². The average Bonchev–Trinajstić information content (AvgIpc) is 3.03. The normalized spacial score (nSPS) is 12.7. The number of amides is 1. The number of sulfone groups is 1.